The summed E-state index contributed by atoms with van der Waals surface area (Å²) < 4.78 is 16.6. The number of esters is 2. The Balaban J connectivity index is 1.94. The summed E-state index contributed by atoms with van der Waals surface area (Å²) in [7, 11) is 1.30. The van der Waals surface area contributed by atoms with E-state index in [0.29, 0.717) is 23.5 Å². The maximum absolute atomic E-state index is 13.0. The van der Waals surface area contributed by atoms with Gasteiger partial charge in [0.05, 0.1) is 16.5 Å². The van der Waals surface area contributed by atoms with Gasteiger partial charge >= 0.3 is 18.0 Å². The van der Waals surface area contributed by atoms with Crippen molar-refractivity contribution in [3.05, 3.63) is 33.6 Å². The number of thiophene rings is 1. The van der Waals surface area contributed by atoms with E-state index in [9.17, 15) is 14.4 Å². The second-order valence-corrected chi connectivity index (χ2v) is 12.1. The Morgan fingerprint density at radius 3 is 2.50 bits per heavy atom. The fourth-order valence-electron chi connectivity index (χ4n) is 4.43. The molecule has 0 saturated heterocycles. The lowest BCUT2D eigenvalue weighted by molar-refractivity contribution is -0.157. The van der Waals surface area contributed by atoms with E-state index < -0.39 is 17.5 Å². The van der Waals surface area contributed by atoms with E-state index in [0.717, 1.165) is 29.0 Å². The number of nitrogens with zero attached hydrogens (tertiary/aromatic N) is 1. The molecule has 1 N–H and O–H groups in total. The third-order valence-electron chi connectivity index (χ3n) is 6.09. The van der Waals surface area contributed by atoms with Gasteiger partial charge < -0.3 is 19.5 Å². The lowest BCUT2D eigenvalue weighted by atomic mass is 9.89. The standard InChI is InChI=1S/C28H37BrN2O6S/c1-6-30-27(34)31(16-18-11-8-7-9-12-18)20-14-10-13-19(15-20)24-22(29)23(25(38-24)26(33)35-5)36-17-21(32)37-28(2,3)4/h10,13-15,18H,6-9,11-12,16-17H2,1-5H3,(H,30,34). The number of carbonyl (C=O) groups excluding carboxylic acids is 3. The van der Waals surface area contributed by atoms with Gasteiger partial charge in [-0.05, 0) is 80.1 Å². The minimum absolute atomic E-state index is 0.128. The highest BCUT2D eigenvalue weighted by Crippen LogP contribution is 2.46. The molecular weight excluding hydrogens is 572 g/mol. The summed E-state index contributed by atoms with van der Waals surface area (Å²) in [5.41, 5.74) is 0.918. The molecule has 0 radical (unpaired) electrons. The van der Waals surface area contributed by atoms with E-state index >= 15 is 0 Å². The van der Waals surface area contributed by atoms with E-state index in [1.165, 1.54) is 37.7 Å². The molecule has 1 saturated carbocycles. The van der Waals surface area contributed by atoms with Gasteiger partial charge in [-0.2, -0.15) is 0 Å². The van der Waals surface area contributed by atoms with Crippen molar-refractivity contribution in [1.82, 2.24) is 5.32 Å². The van der Waals surface area contributed by atoms with Crippen LogP contribution in [-0.2, 0) is 14.3 Å². The van der Waals surface area contributed by atoms with Gasteiger partial charge in [0.25, 0.3) is 0 Å². The Bertz CT molecular complexity index is 1140. The Kier molecular flexibility index (Phi) is 10.6. The molecule has 0 spiro atoms. The lowest BCUT2D eigenvalue weighted by Crippen LogP contribution is -2.43. The molecule has 1 aromatic carbocycles. The number of methoxy groups -OCH3 is 1. The summed E-state index contributed by atoms with van der Waals surface area (Å²) in [5.74, 6) is -0.438. The minimum atomic E-state index is -0.656. The second kappa shape index (κ2) is 13.5. The Morgan fingerprint density at radius 1 is 1.16 bits per heavy atom. The number of hydrogen-bond acceptors (Lipinski definition) is 7. The molecule has 1 aliphatic rings. The van der Waals surface area contributed by atoms with Crippen molar-refractivity contribution in [2.75, 3.05) is 31.7 Å². The van der Waals surface area contributed by atoms with Crippen molar-refractivity contribution < 1.29 is 28.6 Å². The number of benzene rings is 1. The number of halogens is 1. The molecule has 10 heteroatoms. The number of carbonyl (C=O) groups is 3. The van der Waals surface area contributed by atoms with E-state index in [4.69, 9.17) is 14.2 Å². The van der Waals surface area contributed by atoms with Crippen LogP contribution < -0.4 is 15.0 Å². The maximum atomic E-state index is 13.0. The molecular formula is C28H37BrN2O6S. The molecule has 2 amide bonds. The van der Waals surface area contributed by atoms with Crippen LogP contribution in [0.1, 0.15) is 69.5 Å². The number of ether oxygens (including phenoxy) is 3. The van der Waals surface area contributed by atoms with Gasteiger partial charge in [-0.1, -0.05) is 31.4 Å². The van der Waals surface area contributed by atoms with E-state index in [-0.39, 0.29) is 23.3 Å². The molecule has 1 heterocycles. The zero-order valence-corrected chi connectivity index (χ0v) is 25.1. The van der Waals surface area contributed by atoms with Gasteiger partial charge in [0, 0.05) is 18.8 Å². The number of nitrogens with one attached hydrogen (secondary N) is 1. The molecule has 0 atom stereocenters. The number of anilines is 1. The predicted octanol–water partition coefficient (Wildman–Crippen LogP) is 6.80. The second-order valence-electron chi connectivity index (χ2n) is 10.3. The first-order valence-electron chi connectivity index (χ1n) is 12.9. The number of urea groups is 1. The summed E-state index contributed by atoms with van der Waals surface area (Å²) in [4.78, 5) is 40.6. The van der Waals surface area contributed by atoms with E-state index in [1.807, 2.05) is 36.1 Å². The number of hydrogen-bond donors (Lipinski definition) is 1. The van der Waals surface area contributed by atoms with Crippen LogP contribution in [0.25, 0.3) is 10.4 Å². The first-order chi connectivity index (χ1) is 18.0. The van der Waals surface area contributed by atoms with Crippen molar-refractivity contribution in [1.29, 1.82) is 0 Å². The maximum Gasteiger partial charge on any atom is 0.351 e. The number of rotatable bonds is 9. The normalized spacial score (nSPS) is 14.1. The van der Waals surface area contributed by atoms with Gasteiger partial charge in [0.1, 0.15) is 5.60 Å². The summed E-state index contributed by atoms with van der Waals surface area (Å²) in [6.45, 7) is 8.05. The molecule has 1 aromatic heterocycles. The molecule has 0 unspecified atom stereocenters. The van der Waals surface area contributed by atoms with Crippen LogP contribution in [0.5, 0.6) is 5.75 Å². The van der Waals surface area contributed by atoms with Crippen molar-refractivity contribution in [3.8, 4) is 16.2 Å². The SMILES string of the molecule is CCNC(=O)N(CC1CCCCC1)c1cccc(-c2sc(C(=O)OC)c(OCC(=O)OC(C)(C)C)c2Br)c1. The largest absolute Gasteiger partial charge is 0.479 e. The molecule has 8 nitrogen and oxygen atoms in total. The van der Waals surface area contributed by atoms with Crippen LogP contribution in [0.15, 0.2) is 28.7 Å². The smallest absolute Gasteiger partial charge is 0.351 e. The Labute approximate surface area is 237 Å². The van der Waals surface area contributed by atoms with Crippen LogP contribution in [0.4, 0.5) is 10.5 Å². The summed E-state index contributed by atoms with van der Waals surface area (Å²) >= 11 is 4.77. The molecule has 0 bridgehead atoms. The topological polar surface area (TPSA) is 94.2 Å². The zero-order valence-electron chi connectivity index (χ0n) is 22.7. The fraction of sp³-hybridized carbons (Fsp3) is 0.536. The Hall–Kier alpha value is -2.59. The van der Waals surface area contributed by atoms with Crippen LogP contribution in [0.2, 0.25) is 0 Å². The van der Waals surface area contributed by atoms with E-state index in [1.54, 1.807) is 20.8 Å². The van der Waals surface area contributed by atoms with Crippen molar-refractivity contribution in [2.45, 2.75) is 65.4 Å². The van der Waals surface area contributed by atoms with Crippen LogP contribution in [0, 0.1) is 5.92 Å². The first-order valence-corrected chi connectivity index (χ1v) is 14.6. The zero-order chi connectivity index (χ0) is 27.9. The first kappa shape index (κ1) is 30.0. The highest BCUT2D eigenvalue weighted by molar-refractivity contribution is 9.10. The van der Waals surface area contributed by atoms with Crippen LogP contribution in [-0.4, -0.2) is 50.4 Å². The average molecular weight is 610 g/mol. The van der Waals surface area contributed by atoms with Gasteiger partial charge in [-0.15, -0.1) is 11.3 Å². The monoisotopic (exact) mass is 608 g/mol. The molecule has 0 aliphatic heterocycles. The van der Waals surface area contributed by atoms with Gasteiger partial charge in [0.2, 0.25) is 0 Å². The van der Waals surface area contributed by atoms with Crippen LogP contribution in [0.3, 0.4) is 0 Å². The molecule has 1 aliphatic carbocycles. The fourth-order valence-corrected chi connectivity index (χ4v) is 6.40. The predicted molar refractivity (Wildman–Crippen MR) is 153 cm³/mol. The van der Waals surface area contributed by atoms with Gasteiger partial charge in [-0.25, -0.2) is 14.4 Å². The van der Waals surface area contributed by atoms with Gasteiger partial charge in [0.15, 0.2) is 17.2 Å². The van der Waals surface area contributed by atoms with Crippen LogP contribution >= 0.6 is 27.3 Å². The third kappa shape index (κ3) is 7.96. The molecule has 208 valence electrons. The third-order valence-corrected chi connectivity index (χ3v) is 8.31. The van der Waals surface area contributed by atoms with Crippen molar-refractivity contribution >= 4 is 50.9 Å². The molecule has 38 heavy (non-hydrogen) atoms. The highest BCUT2D eigenvalue weighted by atomic mass is 79.9. The van der Waals surface area contributed by atoms with Gasteiger partial charge in [-0.3, -0.25) is 4.90 Å². The average Bonchev–Trinajstić information content (AvgIpc) is 3.21. The van der Waals surface area contributed by atoms with Crippen molar-refractivity contribution in [2.24, 2.45) is 5.92 Å². The Morgan fingerprint density at radius 2 is 1.87 bits per heavy atom. The summed E-state index contributed by atoms with van der Waals surface area (Å²) in [6, 6.07) is 7.53. The highest BCUT2D eigenvalue weighted by Gasteiger charge is 2.27. The molecule has 2 aromatic rings. The molecule has 3 rings (SSSR count). The quantitative estimate of drug-likeness (QED) is 0.315. The summed E-state index contributed by atoms with van der Waals surface area (Å²) in [5, 5.41) is 2.94. The summed E-state index contributed by atoms with van der Waals surface area (Å²) in [6.07, 6.45) is 5.87. The molecule has 1 fully saturated rings. The van der Waals surface area contributed by atoms with E-state index in [2.05, 4.69) is 21.2 Å². The van der Waals surface area contributed by atoms with Crippen molar-refractivity contribution in [3.63, 3.8) is 0 Å². The lowest BCUT2D eigenvalue weighted by Gasteiger charge is -2.30. The number of amides is 2. The minimum Gasteiger partial charge on any atom is -0.479 e.